The van der Waals surface area contributed by atoms with Crippen LogP contribution in [-0.4, -0.2) is 42.1 Å². The average Bonchev–Trinajstić information content (AvgIpc) is 2.81. The minimum absolute atomic E-state index is 0.117. The van der Waals surface area contributed by atoms with E-state index in [1.54, 1.807) is 0 Å². The third-order valence-corrected chi connectivity index (χ3v) is 5.02. The summed E-state index contributed by atoms with van der Waals surface area (Å²) >= 11 is 1.15. The van der Waals surface area contributed by atoms with Crippen LogP contribution in [-0.2, 0) is 10.2 Å². The lowest BCUT2D eigenvalue weighted by Gasteiger charge is -2.33. The van der Waals surface area contributed by atoms with Crippen molar-refractivity contribution in [2.45, 2.75) is 25.3 Å². The number of nitrogens with zero attached hydrogens (tertiary/aromatic N) is 3. The van der Waals surface area contributed by atoms with Crippen molar-refractivity contribution in [3.05, 3.63) is 5.51 Å². The molecule has 0 amide bonds. The molecule has 9 heteroatoms. The van der Waals surface area contributed by atoms with E-state index in [4.69, 9.17) is 5.73 Å². The summed E-state index contributed by atoms with van der Waals surface area (Å²) in [6, 6.07) is -0.117. The highest BCUT2D eigenvalue weighted by Crippen LogP contribution is 2.21. The molecule has 1 aliphatic rings. The molecule has 0 aliphatic carbocycles. The molecule has 0 saturated carbocycles. The Kier molecular flexibility index (Phi) is 3.92. The molecule has 2 rings (SSSR count). The van der Waals surface area contributed by atoms with Crippen molar-refractivity contribution >= 4 is 26.7 Å². The molecule has 0 bridgehead atoms. The third-order valence-electron chi connectivity index (χ3n) is 2.73. The molecule has 17 heavy (non-hydrogen) atoms. The Morgan fingerprint density at radius 1 is 1.59 bits per heavy atom. The number of rotatable bonds is 4. The number of nitrogens with one attached hydrogen (secondary N) is 1. The van der Waals surface area contributed by atoms with Gasteiger partial charge in [0.25, 0.3) is 0 Å². The molecular formula is C8H15N5O2S2. The first-order valence-electron chi connectivity index (χ1n) is 5.39. The minimum Gasteiger partial charge on any atom is -0.329 e. The monoisotopic (exact) mass is 277 g/mol. The highest BCUT2D eigenvalue weighted by Gasteiger charge is 2.31. The Bertz CT molecular complexity index is 446. The number of nitrogens with two attached hydrogens (primary N) is 1. The molecule has 1 aromatic rings. The predicted octanol–water partition coefficient (Wildman–Crippen LogP) is 0.00800. The third kappa shape index (κ3) is 2.92. The van der Waals surface area contributed by atoms with Gasteiger partial charge in [-0.1, -0.05) is 17.8 Å². The Morgan fingerprint density at radius 2 is 2.41 bits per heavy atom. The molecule has 2 heterocycles. The van der Waals surface area contributed by atoms with Gasteiger partial charge in [-0.25, -0.2) is 4.72 Å². The Hall–Kier alpha value is -0.770. The summed E-state index contributed by atoms with van der Waals surface area (Å²) in [6.07, 6.45) is 2.70. The summed E-state index contributed by atoms with van der Waals surface area (Å²) in [6.45, 7) is 0.854. The summed E-state index contributed by atoms with van der Waals surface area (Å²) in [4.78, 5) is 0. The van der Waals surface area contributed by atoms with Gasteiger partial charge in [0.2, 0.25) is 5.13 Å². The summed E-state index contributed by atoms with van der Waals surface area (Å²) in [5, 5.41) is 7.54. The normalized spacial score (nSPS) is 22.5. The van der Waals surface area contributed by atoms with Crippen LogP contribution in [0.2, 0.25) is 0 Å². The number of aromatic nitrogens is 2. The maximum Gasteiger partial charge on any atom is 0.303 e. The van der Waals surface area contributed by atoms with Crippen molar-refractivity contribution in [2.75, 3.05) is 17.8 Å². The Labute approximate surface area is 104 Å². The second kappa shape index (κ2) is 5.25. The predicted molar refractivity (Wildman–Crippen MR) is 65.9 cm³/mol. The second-order valence-corrected chi connectivity index (χ2v) is 6.30. The molecule has 1 unspecified atom stereocenters. The first-order chi connectivity index (χ1) is 8.13. The van der Waals surface area contributed by atoms with Crippen LogP contribution in [0.25, 0.3) is 0 Å². The van der Waals surface area contributed by atoms with E-state index in [0.717, 1.165) is 30.6 Å². The van der Waals surface area contributed by atoms with Crippen molar-refractivity contribution in [3.63, 3.8) is 0 Å². The van der Waals surface area contributed by atoms with E-state index in [1.165, 1.54) is 9.82 Å². The van der Waals surface area contributed by atoms with Crippen molar-refractivity contribution in [1.29, 1.82) is 0 Å². The maximum atomic E-state index is 12.1. The number of hydrogen-bond acceptors (Lipinski definition) is 6. The molecule has 1 aliphatic heterocycles. The van der Waals surface area contributed by atoms with Crippen LogP contribution in [0.15, 0.2) is 5.51 Å². The maximum absolute atomic E-state index is 12.1. The highest BCUT2D eigenvalue weighted by atomic mass is 32.2. The van der Waals surface area contributed by atoms with E-state index in [1.807, 2.05) is 0 Å². The SMILES string of the molecule is NCC1CCCCN1S(=O)(=O)Nc1nncs1. The van der Waals surface area contributed by atoms with Gasteiger partial charge in [0, 0.05) is 19.1 Å². The summed E-state index contributed by atoms with van der Waals surface area (Å²) < 4.78 is 28.1. The van der Waals surface area contributed by atoms with Gasteiger partial charge in [-0.2, -0.15) is 12.7 Å². The van der Waals surface area contributed by atoms with Crippen molar-refractivity contribution in [2.24, 2.45) is 5.73 Å². The van der Waals surface area contributed by atoms with Crippen molar-refractivity contribution in [3.8, 4) is 0 Å². The van der Waals surface area contributed by atoms with Gasteiger partial charge in [-0.15, -0.1) is 10.2 Å². The highest BCUT2D eigenvalue weighted by molar-refractivity contribution is 7.90. The van der Waals surface area contributed by atoms with Gasteiger partial charge in [0.1, 0.15) is 5.51 Å². The number of hydrogen-bond donors (Lipinski definition) is 2. The van der Waals surface area contributed by atoms with E-state index in [0.29, 0.717) is 13.1 Å². The van der Waals surface area contributed by atoms with Crippen LogP contribution >= 0.6 is 11.3 Å². The molecule has 96 valence electrons. The minimum atomic E-state index is -3.56. The van der Waals surface area contributed by atoms with Gasteiger partial charge in [0.15, 0.2) is 0 Å². The largest absolute Gasteiger partial charge is 0.329 e. The number of anilines is 1. The molecule has 1 atom stereocenters. The van der Waals surface area contributed by atoms with Crippen LogP contribution < -0.4 is 10.5 Å². The molecule has 0 radical (unpaired) electrons. The summed E-state index contributed by atoms with van der Waals surface area (Å²) in [5.74, 6) is 0. The van der Waals surface area contributed by atoms with E-state index >= 15 is 0 Å². The smallest absolute Gasteiger partial charge is 0.303 e. The fourth-order valence-electron chi connectivity index (χ4n) is 1.91. The van der Waals surface area contributed by atoms with Crippen LogP contribution in [0.5, 0.6) is 0 Å². The van der Waals surface area contributed by atoms with Crippen LogP contribution in [0.4, 0.5) is 5.13 Å². The second-order valence-electron chi connectivity index (χ2n) is 3.85. The lowest BCUT2D eigenvalue weighted by Crippen LogP contribution is -2.49. The zero-order valence-corrected chi connectivity index (χ0v) is 10.9. The summed E-state index contributed by atoms with van der Waals surface area (Å²) in [5.41, 5.74) is 7.09. The molecule has 0 aromatic carbocycles. The lowest BCUT2D eigenvalue weighted by atomic mass is 10.1. The lowest BCUT2D eigenvalue weighted by molar-refractivity contribution is 0.259. The number of piperidine rings is 1. The van der Waals surface area contributed by atoms with Gasteiger partial charge in [-0.05, 0) is 12.8 Å². The summed E-state index contributed by atoms with van der Waals surface area (Å²) in [7, 11) is -3.56. The molecule has 0 spiro atoms. The molecule has 3 N–H and O–H groups in total. The fourth-order valence-corrected chi connectivity index (χ4v) is 4.04. The van der Waals surface area contributed by atoms with Gasteiger partial charge in [0.05, 0.1) is 0 Å². The van der Waals surface area contributed by atoms with E-state index in [9.17, 15) is 8.42 Å². The van der Waals surface area contributed by atoms with Gasteiger partial charge < -0.3 is 5.73 Å². The van der Waals surface area contributed by atoms with Crippen molar-refractivity contribution in [1.82, 2.24) is 14.5 Å². The molecule has 1 saturated heterocycles. The van der Waals surface area contributed by atoms with E-state index in [-0.39, 0.29) is 11.2 Å². The zero-order chi connectivity index (χ0) is 12.3. The standard InChI is InChI=1S/C8H15N5O2S2/c9-5-7-3-1-2-4-13(7)17(14,15)12-8-11-10-6-16-8/h6-7H,1-5,9H2,(H,11,12). The van der Waals surface area contributed by atoms with Crippen LogP contribution in [0, 0.1) is 0 Å². The van der Waals surface area contributed by atoms with E-state index < -0.39 is 10.2 Å². The first-order valence-corrected chi connectivity index (χ1v) is 7.71. The molecule has 1 fully saturated rings. The Balaban J connectivity index is 2.13. The first kappa shape index (κ1) is 12.7. The van der Waals surface area contributed by atoms with Gasteiger partial charge >= 0.3 is 10.2 Å². The molecule has 1 aromatic heterocycles. The zero-order valence-electron chi connectivity index (χ0n) is 9.24. The topological polar surface area (TPSA) is 101 Å². The van der Waals surface area contributed by atoms with E-state index in [2.05, 4.69) is 14.9 Å². The average molecular weight is 277 g/mol. The Morgan fingerprint density at radius 3 is 3.06 bits per heavy atom. The van der Waals surface area contributed by atoms with Crippen molar-refractivity contribution < 1.29 is 8.42 Å². The quantitative estimate of drug-likeness (QED) is 0.807. The fraction of sp³-hybridized carbons (Fsp3) is 0.750. The van der Waals surface area contributed by atoms with Gasteiger partial charge in [-0.3, -0.25) is 0 Å². The van der Waals surface area contributed by atoms with Crippen LogP contribution in [0.3, 0.4) is 0 Å². The van der Waals surface area contributed by atoms with Crippen LogP contribution in [0.1, 0.15) is 19.3 Å². The molecular weight excluding hydrogens is 262 g/mol. The molecule has 7 nitrogen and oxygen atoms in total.